The lowest BCUT2D eigenvalue weighted by atomic mass is 10.3. The van der Waals surface area contributed by atoms with Crippen LogP contribution in [-0.2, 0) is 6.42 Å². The summed E-state index contributed by atoms with van der Waals surface area (Å²) >= 11 is 1.03. The molecule has 102 valence electrons. The van der Waals surface area contributed by atoms with Crippen LogP contribution in [0.4, 0.5) is 10.1 Å². The highest BCUT2D eigenvalue weighted by Gasteiger charge is 2.15. The summed E-state index contributed by atoms with van der Waals surface area (Å²) in [4.78, 5) is 12.1. The Morgan fingerprint density at radius 2 is 2.20 bits per heavy atom. The summed E-state index contributed by atoms with van der Waals surface area (Å²) in [6.07, 6.45) is 1.84. The lowest BCUT2D eigenvalue weighted by Gasteiger charge is -2.01. The third-order valence-electron chi connectivity index (χ3n) is 2.74. The number of aromatic nitrogens is 3. The van der Waals surface area contributed by atoms with Gasteiger partial charge in [-0.2, -0.15) is 0 Å². The van der Waals surface area contributed by atoms with Crippen LogP contribution in [0, 0.1) is 5.82 Å². The first-order chi connectivity index (χ1) is 9.67. The molecule has 1 aromatic carbocycles. The number of hydrogen-bond acceptors (Lipinski definition) is 6. The molecule has 3 aromatic rings. The highest BCUT2D eigenvalue weighted by molar-refractivity contribution is 7.99. The zero-order valence-corrected chi connectivity index (χ0v) is 11.4. The lowest BCUT2D eigenvalue weighted by Crippen LogP contribution is -1.97. The molecule has 0 unspecified atom stereocenters. The summed E-state index contributed by atoms with van der Waals surface area (Å²) in [7, 11) is 0. The van der Waals surface area contributed by atoms with E-state index in [2.05, 4.69) is 15.0 Å². The van der Waals surface area contributed by atoms with Crippen molar-refractivity contribution >= 4 is 28.5 Å². The van der Waals surface area contributed by atoms with E-state index in [1.807, 2.05) is 6.92 Å². The van der Waals surface area contributed by atoms with E-state index in [0.29, 0.717) is 34.1 Å². The third kappa shape index (κ3) is 2.32. The van der Waals surface area contributed by atoms with E-state index in [1.54, 1.807) is 18.2 Å². The number of halogens is 1. The molecule has 0 amide bonds. The van der Waals surface area contributed by atoms with E-state index in [-0.39, 0.29) is 5.03 Å². The zero-order valence-electron chi connectivity index (χ0n) is 10.6. The van der Waals surface area contributed by atoms with Crippen molar-refractivity contribution in [3.63, 3.8) is 0 Å². The average molecular weight is 290 g/mol. The Balaban J connectivity index is 1.97. The predicted octanol–water partition coefficient (Wildman–Crippen LogP) is 3.05. The number of nitrogen functional groups attached to an aromatic ring is 1. The Hall–Kier alpha value is -2.15. The van der Waals surface area contributed by atoms with Gasteiger partial charge in [-0.05, 0) is 30.3 Å². The van der Waals surface area contributed by atoms with Gasteiger partial charge in [0.25, 0.3) is 5.22 Å². The highest BCUT2D eigenvalue weighted by Crippen LogP contribution is 2.31. The number of aryl methyl sites for hydroxylation is 1. The molecule has 2 aromatic heterocycles. The van der Waals surface area contributed by atoms with Gasteiger partial charge in [-0.15, -0.1) is 0 Å². The molecule has 0 bridgehead atoms. The van der Waals surface area contributed by atoms with Crippen molar-refractivity contribution in [3.05, 3.63) is 36.0 Å². The molecule has 2 N–H and O–H groups in total. The summed E-state index contributed by atoms with van der Waals surface area (Å²) < 4.78 is 19.6. The molecule has 0 radical (unpaired) electrons. The van der Waals surface area contributed by atoms with E-state index in [9.17, 15) is 4.39 Å². The second-order valence-corrected chi connectivity index (χ2v) is 5.04. The Labute approximate surface area is 118 Å². The second-order valence-electron chi connectivity index (χ2n) is 4.10. The van der Waals surface area contributed by atoms with Gasteiger partial charge in [0.1, 0.15) is 16.9 Å². The van der Waals surface area contributed by atoms with Gasteiger partial charge in [0, 0.05) is 11.8 Å². The molecule has 2 heterocycles. The van der Waals surface area contributed by atoms with Crippen LogP contribution in [0.25, 0.3) is 11.1 Å². The van der Waals surface area contributed by atoms with Crippen LogP contribution in [0.5, 0.6) is 0 Å². The molecule has 0 fully saturated rings. The molecule has 0 spiro atoms. The summed E-state index contributed by atoms with van der Waals surface area (Å²) in [5.74, 6) is -0.429. The molecule has 0 saturated carbocycles. The van der Waals surface area contributed by atoms with E-state index in [0.717, 1.165) is 11.8 Å². The van der Waals surface area contributed by atoms with Gasteiger partial charge in [0.05, 0.1) is 5.69 Å². The third-order valence-corrected chi connectivity index (χ3v) is 3.57. The van der Waals surface area contributed by atoms with E-state index < -0.39 is 5.82 Å². The largest absolute Gasteiger partial charge is 0.431 e. The second kappa shape index (κ2) is 5.09. The molecule has 0 saturated heterocycles. The predicted molar refractivity (Wildman–Crippen MR) is 73.9 cm³/mol. The van der Waals surface area contributed by atoms with Crippen molar-refractivity contribution < 1.29 is 8.81 Å². The summed E-state index contributed by atoms with van der Waals surface area (Å²) in [6.45, 7) is 1.84. The van der Waals surface area contributed by atoms with Gasteiger partial charge in [-0.1, -0.05) is 6.92 Å². The summed E-state index contributed by atoms with van der Waals surface area (Å²) in [6, 6.07) is 5.17. The standard InChI is InChI=1S/C13H11FN4OS/c1-2-8-11(14)12(17-6-16-8)20-13-18-9-4-3-7(15)5-10(9)19-13/h3-6H,2,15H2,1H3. The Bertz CT molecular complexity index is 774. The fourth-order valence-electron chi connectivity index (χ4n) is 1.75. The van der Waals surface area contributed by atoms with Crippen molar-refractivity contribution in [2.75, 3.05) is 5.73 Å². The van der Waals surface area contributed by atoms with Crippen LogP contribution in [0.3, 0.4) is 0 Å². The first-order valence-electron chi connectivity index (χ1n) is 6.00. The molecule has 0 aliphatic carbocycles. The highest BCUT2D eigenvalue weighted by atomic mass is 32.2. The first kappa shape index (κ1) is 12.9. The Morgan fingerprint density at radius 1 is 1.35 bits per heavy atom. The molecule has 0 aliphatic rings. The number of anilines is 1. The smallest absolute Gasteiger partial charge is 0.263 e. The van der Waals surface area contributed by atoms with Gasteiger partial charge >= 0.3 is 0 Å². The van der Waals surface area contributed by atoms with Crippen molar-refractivity contribution in [2.45, 2.75) is 23.6 Å². The summed E-state index contributed by atoms with van der Waals surface area (Å²) in [5, 5.41) is 0.529. The molecular formula is C13H11FN4OS. The maximum atomic E-state index is 14.0. The molecule has 0 aliphatic heterocycles. The number of benzene rings is 1. The SMILES string of the molecule is CCc1ncnc(Sc2nc3ccc(N)cc3o2)c1F. The van der Waals surface area contributed by atoms with Crippen molar-refractivity contribution in [3.8, 4) is 0 Å². The van der Waals surface area contributed by atoms with Crippen molar-refractivity contribution in [1.82, 2.24) is 15.0 Å². The maximum Gasteiger partial charge on any atom is 0.263 e. The van der Waals surface area contributed by atoms with E-state index >= 15 is 0 Å². The van der Waals surface area contributed by atoms with Gasteiger partial charge in [0.2, 0.25) is 0 Å². The molecule has 3 rings (SSSR count). The van der Waals surface area contributed by atoms with Gasteiger partial charge in [-0.3, -0.25) is 0 Å². The van der Waals surface area contributed by atoms with Gasteiger partial charge < -0.3 is 10.2 Å². The maximum absolute atomic E-state index is 14.0. The molecule has 20 heavy (non-hydrogen) atoms. The molecule has 0 atom stereocenters. The Kier molecular flexibility index (Phi) is 3.27. The summed E-state index contributed by atoms with van der Waals surface area (Å²) in [5.41, 5.74) is 7.88. The fraction of sp³-hybridized carbons (Fsp3) is 0.154. The minimum Gasteiger partial charge on any atom is -0.431 e. The minimum atomic E-state index is -0.429. The van der Waals surface area contributed by atoms with Crippen LogP contribution in [0.1, 0.15) is 12.6 Å². The van der Waals surface area contributed by atoms with Crippen LogP contribution in [0.2, 0.25) is 0 Å². The number of rotatable bonds is 3. The molecular weight excluding hydrogens is 279 g/mol. The average Bonchev–Trinajstić information content (AvgIpc) is 2.82. The number of nitrogens with two attached hydrogens (primary N) is 1. The monoisotopic (exact) mass is 290 g/mol. The zero-order chi connectivity index (χ0) is 14.1. The van der Waals surface area contributed by atoms with Crippen LogP contribution >= 0.6 is 11.8 Å². The van der Waals surface area contributed by atoms with Crippen molar-refractivity contribution in [2.24, 2.45) is 0 Å². The quantitative estimate of drug-likeness (QED) is 0.590. The number of oxazole rings is 1. The number of fused-ring (bicyclic) bond motifs is 1. The van der Waals surface area contributed by atoms with Gasteiger partial charge in [-0.25, -0.2) is 19.3 Å². The van der Waals surface area contributed by atoms with Crippen LogP contribution in [-0.4, -0.2) is 15.0 Å². The topological polar surface area (TPSA) is 77.8 Å². The number of hydrogen-bond donors (Lipinski definition) is 1. The van der Waals surface area contributed by atoms with Gasteiger partial charge in [0.15, 0.2) is 11.4 Å². The lowest BCUT2D eigenvalue weighted by molar-refractivity contribution is 0.487. The van der Waals surface area contributed by atoms with Crippen LogP contribution < -0.4 is 5.73 Å². The normalized spacial score (nSPS) is 11.1. The van der Waals surface area contributed by atoms with Crippen LogP contribution in [0.15, 0.2) is 39.2 Å². The molecule has 7 heteroatoms. The minimum absolute atomic E-state index is 0.205. The van der Waals surface area contributed by atoms with E-state index in [1.165, 1.54) is 6.33 Å². The Morgan fingerprint density at radius 3 is 3.00 bits per heavy atom. The molecule has 5 nitrogen and oxygen atoms in total. The van der Waals surface area contributed by atoms with E-state index in [4.69, 9.17) is 10.2 Å². The van der Waals surface area contributed by atoms with Crippen molar-refractivity contribution in [1.29, 1.82) is 0 Å². The fourth-order valence-corrected chi connectivity index (χ4v) is 2.50. The first-order valence-corrected chi connectivity index (χ1v) is 6.82. The number of nitrogens with zero attached hydrogens (tertiary/aromatic N) is 3.